The van der Waals surface area contributed by atoms with E-state index in [-0.39, 0.29) is 35.7 Å². The molecule has 1 saturated heterocycles. The average molecular weight is 725 g/mol. The predicted octanol–water partition coefficient (Wildman–Crippen LogP) is -0.710. The van der Waals surface area contributed by atoms with Crippen LogP contribution in [-0.4, -0.2) is 104 Å². The first kappa shape index (κ1) is 35.9. The minimum Gasteiger partial charge on any atom is -0.485 e. The quantitative estimate of drug-likeness (QED) is 0.0441. The number of aliphatic carboxylic acids is 1. The predicted molar refractivity (Wildman–Crippen MR) is 172 cm³/mol. The number of ether oxygens (including phenoxy) is 1. The molecule has 0 unspecified atom stereocenters. The summed E-state index contributed by atoms with van der Waals surface area (Å²) in [6.07, 6.45) is 0.263. The third kappa shape index (κ3) is 7.16. The molecule has 0 spiro atoms. The molecule has 2 amide bonds. The maximum Gasteiger partial charge on any atom is 0.418 e. The van der Waals surface area contributed by atoms with Crippen molar-refractivity contribution in [3.63, 3.8) is 0 Å². The molecule has 0 radical (unpaired) electrons. The Balaban J connectivity index is 1.32. The maximum absolute atomic E-state index is 13.4. The van der Waals surface area contributed by atoms with E-state index >= 15 is 0 Å². The number of nitrogens with two attached hydrogens (primary N) is 2. The fraction of sp³-hybridized carbons (Fsp3) is 0.500. The van der Waals surface area contributed by atoms with Crippen LogP contribution < -0.4 is 26.8 Å². The molecule has 5 rings (SSSR count). The zero-order chi connectivity index (χ0) is 36.1. The van der Waals surface area contributed by atoms with Gasteiger partial charge in [0, 0.05) is 23.5 Å². The highest BCUT2D eigenvalue weighted by molar-refractivity contribution is 7.80. The largest absolute Gasteiger partial charge is 0.485 e. The van der Waals surface area contributed by atoms with Gasteiger partial charge in [-0.25, -0.2) is 9.78 Å². The molecule has 2 aliphatic heterocycles. The fourth-order valence-corrected chi connectivity index (χ4v) is 6.74. The number of fused-ring (bicyclic) bond motifs is 1. The maximum atomic E-state index is 13.4. The van der Waals surface area contributed by atoms with E-state index in [1.807, 2.05) is 0 Å². The number of anilines is 1. The van der Waals surface area contributed by atoms with Crippen LogP contribution in [0.5, 0.6) is 5.75 Å². The zero-order valence-corrected chi connectivity index (χ0v) is 28.1. The Morgan fingerprint density at radius 1 is 1.31 bits per heavy atom. The highest BCUT2D eigenvalue weighted by Gasteiger charge is 2.58. The summed E-state index contributed by atoms with van der Waals surface area (Å²) < 4.78 is 41.7. The van der Waals surface area contributed by atoms with Gasteiger partial charge in [0.15, 0.2) is 16.9 Å². The topological polar surface area (TPSA) is 302 Å². The number of amides is 2. The molecule has 3 heterocycles. The van der Waals surface area contributed by atoms with Crippen LogP contribution >= 0.6 is 11.3 Å². The number of aryl methyl sites for hydroxylation is 1. The summed E-state index contributed by atoms with van der Waals surface area (Å²) >= 11 is 0.951. The van der Waals surface area contributed by atoms with Crippen molar-refractivity contribution >= 4 is 56.2 Å². The van der Waals surface area contributed by atoms with Gasteiger partial charge < -0.3 is 41.9 Å². The number of nitrogens with zero attached hydrogens (tertiary/aromatic N) is 3. The molecule has 0 bridgehead atoms. The number of oxime groups is 1. The first-order chi connectivity index (χ1) is 22.8. The second-order valence-electron chi connectivity index (χ2n) is 12.7. The molecular formula is C28H36N8O11S2. The molecule has 3 atom stereocenters. The number of aliphatic hydroxyl groups is 1. The number of nitrogens with one attached hydrogen (secondary N) is 3. The van der Waals surface area contributed by atoms with E-state index in [1.165, 1.54) is 26.2 Å². The van der Waals surface area contributed by atoms with E-state index in [0.717, 1.165) is 16.9 Å². The molecule has 1 aliphatic carbocycles. The second kappa shape index (κ2) is 12.8. The van der Waals surface area contributed by atoms with Crippen LogP contribution in [0.3, 0.4) is 0 Å². The number of carboxylic acids is 1. The van der Waals surface area contributed by atoms with Gasteiger partial charge in [-0.15, -0.1) is 15.6 Å². The minimum atomic E-state index is -5.04. The summed E-state index contributed by atoms with van der Waals surface area (Å²) in [4.78, 5) is 48.2. The van der Waals surface area contributed by atoms with E-state index in [0.29, 0.717) is 35.6 Å². The zero-order valence-electron chi connectivity index (χ0n) is 26.5. The number of hydrogen-bond acceptors (Lipinski definition) is 15. The molecule has 19 nitrogen and oxygen atoms in total. The number of hydroxylamine groups is 2. The van der Waals surface area contributed by atoms with Crippen molar-refractivity contribution in [2.45, 2.75) is 81.4 Å². The summed E-state index contributed by atoms with van der Waals surface area (Å²) in [5, 5.41) is 40.0. The number of nitrogen functional groups attached to an aromatic ring is 1. The number of amidine groups is 1. The van der Waals surface area contributed by atoms with Crippen LogP contribution in [0.4, 0.5) is 5.13 Å². The van der Waals surface area contributed by atoms with Crippen LogP contribution in [-0.2, 0) is 40.3 Å². The Hall–Kier alpha value is -4.41. The van der Waals surface area contributed by atoms with E-state index in [1.54, 1.807) is 18.2 Å². The molecule has 3 aliphatic rings. The van der Waals surface area contributed by atoms with Crippen molar-refractivity contribution in [2.75, 3.05) is 12.3 Å². The SMILES string of the molecule is CC1(C)[C@H](NC(=O)/C(=N\O[C@](C)(C(=O)O)[C@H]2CCc3cc(C(=N)N[C@H]4C[C@@](O)(CN)C4)ccc3O2)c2csc(N)n2)C(=O)N1OS(=O)(=O)O. The van der Waals surface area contributed by atoms with Gasteiger partial charge in [-0.05, 0) is 70.2 Å². The lowest BCUT2D eigenvalue weighted by molar-refractivity contribution is -0.218. The van der Waals surface area contributed by atoms with Crippen molar-refractivity contribution in [1.29, 1.82) is 5.41 Å². The number of aromatic nitrogens is 1. The lowest BCUT2D eigenvalue weighted by atomic mass is 9.75. The van der Waals surface area contributed by atoms with Crippen LogP contribution in [0.15, 0.2) is 28.7 Å². The van der Waals surface area contributed by atoms with E-state index < -0.39 is 62.8 Å². The van der Waals surface area contributed by atoms with Gasteiger partial charge in [-0.2, -0.15) is 13.5 Å². The summed E-state index contributed by atoms with van der Waals surface area (Å²) in [6, 6.07) is 3.57. The average Bonchev–Trinajstić information content (AvgIpc) is 3.45. The minimum absolute atomic E-state index is 0.0453. The number of hydrogen-bond donors (Lipinski definition) is 8. The van der Waals surface area contributed by atoms with Crippen LogP contribution in [0, 0.1) is 5.41 Å². The van der Waals surface area contributed by atoms with Crippen molar-refractivity contribution in [1.82, 2.24) is 20.7 Å². The second-order valence-corrected chi connectivity index (χ2v) is 14.6. The van der Waals surface area contributed by atoms with Crippen molar-refractivity contribution in [3.8, 4) is 5.75 Å². The van der Waals surface area contributed by atoms with Crippen molar-refractivity contribution in [2.24, 2.45) is 10.9 Å². The molecule has 266 valence electrons. The summed E-state index contributed by atoms with van der Waals surface area (Å²) in [5.74, 6) is -2.99. The number of thiazole rings is 1. The lowest BCUT2D eigenvalue weighted by Crippen LogP contribution is -2.76. The van der Waals surface area contributed by atoms with E-state index in [9.17, 15) is 33.0 Å². The van der Waals surface area contributed by atoms with E-state index in [2.05, 4.69) is 25.1 Å². The Bertz CT molecular complexity index is 1830. The molecule has 1 saturated carbocycles. The Morgan fingerprint density at radius 2 is 2.00 bits per heavy atom. The summed E-state index contributed by atoms with van der Waals surface area (Å²) in [7, 11) is -5.04. The molecule has 1 aromatic heterocycles. The van der Waals surface area contributed by atoms with Gasteiger partial charge in [-0.3, -0.25) is 19.6 Å². The summed E-state index contributed by atoms with van der Waals surface area (Å²) in [5.41, 5.74) is 7.47. The number of rotatable bonds is 12. The molecule has 1 aromatic carbocycles. The highest BCUT2D eigenvalue weighted by atomic mass is 32.3. The Morgan fingerprint density at radius 3 is 2.57 bits per heavy atom. The van der Waals surface area contributed by atoms with Gasteiger partial charge in [0.05, 0.1) is 11.1 Å². The van der Waals surface area contributed by atoms with Crippen LogP contribution in [0.1, 0.15) is 56.9 Å². The molecule has 2 fully saturated rings. The number of benzene rings is 1. The van der Waals surface area contributed by atoms with Crippen LogP contribution in [0.2, 0.25) is 0 Å². The smallest absolute Gasteiger partial charge is 0.418 e. The molecule has 10 N–H and O–H groups in total. The first-order valence-corrected chi connectivity index (χ1v) is 17.1. The van der Waals surface area contributed by atoms with Gasteiger partial charge in [0.25, 0.3) is 17.4 Å². The van der Waals surface area contributed by atoms with Gasteiger partial charge in [0.1, 0.15) is 23.3 Å². The number of carbonyl (C=O) groups excluding carboxylic acids is 2. The normalized spacial score (nSPS) is 25.8. The standard InChI is InChI=1S/C28H36N8O11S2/c1-26(2)20(23(38)36(26)47-49(42,43)44)34-22(37)19(16-11-48-25(31)33-16)35-46-27(3,24(39)40)18-7-5-13-8-14(4-6-17(13)45-18)21(30)32-15-9-28(41,10-15)12-29/h4,6,8,11,15,18,20,41H,5,7,9-10,12,29H2,1-3H3,(H2,30,32)(H2,31,33)(H,34,37)(H,39,40)(H,42,43,44)/b35-19-/t15-,18-,20-,27+,28-/m1/s1. The molecular weight excluding hydrogens is 688 g/mol. The van der Waals surface area contributed by atoms with Crippen molar-refractivity contribution in [3.05, 3.63) is 40.4 Å². The third-order valence-electron chi connectivity index (χ3n) is 8.74. The fourth-order valence-electron chi connectivity index (χ4n) is 5.74. The molecule has 2 aromatic rings. The Labute approximate surface area is 284 Å². The van der Waals surface area contributed by atoms with Crippen molar-refractivity contribution < 1.29 is 51.4 Å². The number of β-lactam (4-membered cyclic amide) rings is 1. The monoisotopic (exact) mass is 724 g/mol. The van der Waals surface area contributed by atoms with Gasteiger partial charge in [0.2, 0.25) is 0 Å². The van der Waals surface area contributed by atoms with E-state index in [4.69, 9.17) is 31.0 Å². The lowest BCUT2D eigenvalue weighted by Gasteiger charge is -2.50. The van der Waals surface area contributed by atoms with Crippen LogP contribution in [0.25, 0.3) is 0 Å². The van der Waals surface area contributed by atoms with Gasteiger partial charge >= 0.3 is 16.4 Å². The third-order valence-corrected chi connectivity index (χ3v) is 9.75. The first-order valence-electron chi connectivity index (χ1n) is 14.9. The number of carbonyl (C=O) groups is 3. The summed E-state index contributed by atoms with van der Waals surface area (Å²) in [6.45, 7) is 4.08. The Kier molecular flexibility index (Phi) is 9.38. The molecule has 21 heteroatoms. The van der Waals surface area contributed by atoms with Gasteiger partial charge in [-0.1, -0.05) is 5.16 Å². The molecule has 49 heavy (non-hydrogen) atoms. The highest BCUT2D eigenvalue weighted by Crippen LogP contribution is 2.36. The number of carboxylic acid groups (broad SMARTS) is 1.